The minimum absolute atomic E-state index is 0.386. The van der Waals surface area contributed by atoms with Crippen LogP contribution in [-0.4, -0.2) is 7.11 Å². The summed E-state index contributed by atoms with van der Waals surface area (Å²) in [6, 6.07) is 11.2. The predicted octanol–water partition coefficient (Wildman–Crippen LogP) is 6.08. The Morgan fingerprint density at radius 2 is 1.57 bits per heavy atom. The third-order valence-corrected chi connectivity index (χ3v) is 7.22. The van der Waals surface area contributed by atoms with Gasteiger partial charge in [0, 0.05) is 10.0 Å². The second-order valence-corrected chi connectivity index (χ2v) is 9.16. The summed E-state index contributed by atoms with van der Waals surface area (Å²) in [5.41, 5.74) is 1.88. The SMILES string of the molecule is COc1cc2ccc(Br)cc2cc1C12CC3CC(CC(C3)C1)C2. The van der Waals surface area contributed by atoms with Crippen molar-refractivity contribution in [3.05, 3.63) is 40.4 Å². The molecular weight excluding hydrogens is 348 g/mol. The molecule has 0 unspecified atom stereocenters. The molecule has 0 aromatic heterocycles. The van der Waals surface area contributed by atoms with Crippen LogP contribution in [0.1, 0.15) is 44.1 Å². The molecule has 0 radical (unpaired) electrons. The maximum Gasteiger partial charge on any atom is 0.123 e. The lowest BCUT2D eigenvalue weighted by molar-refractivity contribution is -0.00608. The summed E-state index contributed by atoms with van der Waals surface area (Å²) in [5, 5.41) is 2.62. The first-order valence-electron chi connectivity index (χ1n) is 8.93. The molecule has 4 fully saturated rings. The molecule has 23 heavy (non-hydrogen) atoms. The number of hydrogen-bond donors (Lipinski definition) is 0. The van der Waals surface area contributed by atoms with Gasteiger partial charge in [0.25, 0.3) is 0 Å². The number of hydrogen-bond acceptors (Lipinski definition) is 1. The van der Waals surface area contributed by atoms with Crippen molar-refractivity contribution in [2.75, 3.05) is 7.11 Å². The second kappa shape index (κ2) is 4.99. The normalized spacial score (nSPS) is 35.0. The van der Waals surface area contributed by atoms with Crippen LogP contribution in [0.3, 0.4) is 0 Å². The van der Waals surface area contributed by atoms with E-state index >= 15 is 0 Å². The molecule has 0 atom stereocenters. The van der Waals surface area contributed by atoms with Crippen LogP contribution in [0.2, 0.25) is 0 Å². The van der Waals surface area contributed by atoms with Crippen LogP contribution < -0.4 is 4.74 Å². The number of halogens is 1. The molecular formula is C21H23BrO. The fourth-order valence-corrected chi connectivity index (χ4v) is 6.65. The Balaban J connectivity index is 1.69. The minimum Gasteiger partial charge on any atom is -0.496 e. The van der Waals surface area contributed by atoms with Gasteiger partial charge in [0.05, 0.1) is 7.11 Å². The van der Waals surface area contributed by atoms with Crippen molar-refractivity contribution in [2.45, 2.75) is 43.9 Å². The van der Waals surface area contributed by atoms with Gasteiger partial charge in [0.2, 0.25) is 0 Å². The highest BCUT2D eigenvalue weighted by molar-refractivity contribution is 9.10. The smallest absolute Gasteiger partial charge is 0.123 e. The highest BCUT2D eigenvalue weighted by Crippen LogP contribution is 2.62. The van der Waals surface area contributed by atoms with Crippen LogP contribution in [0, 0.1) is 17.8 Å². The summed E-state index contributed by atoms with van der Waals surface area (Å²) in [4.78, 5) is 0. The van der Waals surface area contributed by atoms with Crippen molar-refractivity contribution in [1.29, 1.82) is 0 Å². The van der Waals surface area contributed by atoms with Crippen LogP contribution in [0.15, 0.2) is 34.8 Å². The maximum absolute atomic E-state index is 5.86. The lowest BCUT2D eigenvalue weighted by Gasteiger charge is -2.57. The molecule has 4 saturated carbocycles. The van der Waals surface area contributed by atoms with E-state index in [-0.39, 0.29) is 0 Å². The zero-order valence-electron chi connectivity index (χ0n) is 13.6. The van der Waals surface area contributed by atoms with Crippen LogP contribution in [0.4, 0.5) is 0 Å². The molecule has 4 aliphatic carbocycles. The van der Waals surface area contributed by atoms with E-state index in [0.717, 1.165) is 28.0 Å². The Labute approximate surface area is 146 Å². The molecule has 2 aromatic rings. The third-order valence-electron chi connectivity index (χ3n) is 6.73. The highest BCUT2D eigenvalue weighted by Gasteiger charge is 2.52. The Morgan fingerprint density at radius 1 is 0.913 bits per heavy atom. The predicted molar refractivity (Wildman–Crippen MR) is 98.1 cm³/mol. The molecule has 4 aliphatic rings. The molecule has 0 heterocycles. The molecule has 0 saturated heterocycles. The van der Waals surface area contributed by atoms with Crippen molar-refractivity contribution >= 4 is 26.7 Å². The first-order chi connectivity index (χ1) is 11.1. The van der Waals surface area contributed by atoms with Crippen molar-refractivity contribution < 1.29 is 4.74 Å². The first-order valence-corrected chi connectivity index (χ1v) is 9.72. The van der Waals surface area contributed by atoms with Crippen LogP contribution in [0.5, 0.6) is 5.75 Å². The minimum atomic E-state index is 0.386. The van der Waals surface area contributed by atoms with Gasteiger partial charge in [0.15, 0.2) is 0 Å². The first kappa shape index (κ1) is 14.3. The van der Waals surface area contributed by atoms with Gasteiger partial charge in [-0.05, 0) is 96.7 Å². The van der Waals surface area contributed by atoms with Crippen molar-refractivity contribution in [2.24, 2.45) is 17.8 Å². The van der Waals surface area contributed by atoms with Gasteiger partial charge in [-0.2, -0.15) is 0 Å². The lowest BCUT2D eigenvalue weighted by atomic mass is 9.48. The van der Waals surface area contributed by atoms with E-state index in [4.69, 9.17) is 4.74 Å². The van der Waals surface area contributed by atoms with Crippen LogP contribution >= 0.6 is 15.9 Å². The summed E-state index contributed by atoms with van der Waals surface area (Å²) in [6.45, 7) is 0. The maximum atomic E-state index is 5.86. The fourth-order valence-electron chi connectivity index (χ4n) is 6.27. The van der Waals surface area contributed by atoms with Gasteiger partial charge in [-0.25, -0.2) is 0 Å². The van der Waals surface area contributed by atoms with E-state index in [9.17, 15) is 0 Å². The Bertz CT molecular complexity index is 743. The summed E-state index contributed by atoms with van der Waals surface area (Å²) in [5.74, 6) is 4.00. The highest BCUT2D eigenvalue weighted by atomic mass is 79.9. The Morgan fingerprint density at radius 3 is 2.17 bits per heavy atom. The summed E-state index contributed by atoms with van der Waals surface area (Å²) in [7, 11) is 1.84. The molecule has 0 aliphatic heterocycles. The Hall–Kier alpha value is -1.02. The van der Waals surface area contributed by atoms with Gasteiger partial charge in [0.1, 0.15) is 5.75 Å². The lowest BCUT2D eigenvalue weighted by Crippen LogP contribution is -2.48. The van der Waals surface area contributed by atoms with Gasteiger partial charge in [-0.15, -0.1) is 0 Å². The number of rotatable bonds is 2. The Kier molecular flexibility index (Phi) is 3.11. The molecule has 1 nitrogen and oxygen atoms in total. The zero-order valence-corrected chi connectivity index (χ0v) is 15.2. The van der Waals surface area contributed by atoms with Crippen LogP contribution in [-0.2, 0) is 5.41 Å². The fraction of sp³-hybridized carbons (Fsp3) is 0.524. The van der Waals surface area contributed by atoms with Crippen LogP contribution in [0.25, 0.3) is 10.8 Å². The molecule has 0 amide bonds. The van der Waals surface area contributed by atoms with E-state index < -0.39 is 0 Å². The van der Waals surface area contributed by atoms with E-state index in [2.05, 4.69) is 46.3 Å². The van der Waals surface area contributed by atoms with Crippen molar-refractivity contribution in [3.63, 3.8) is 0 Å². The molecule has 0 spiro atoms. The molecule has 2 aromatic carbocycles. The average molecular weight is 371 g/mol. The number of benzene rings is 2. The molecule has 120 valence electrons. The van der Waals surface area contributed by atoms with E-state index in [0.29, 0.717) is 5.41 Å². The standard InChI is InChI=1S/C21H23BrO/c1-23-20-9-16-2-3-18(22)7-17(16)8-19(20)21-10-13-4-14(11-21)6-15(5-13)12-21/h2-3,7-9,13-15H,4-6,10-12H2,1H3. The molecule has 6 rings (SSSR count). The zero-order chi connectivity index (χ0) is 15.6. The summed E-state index contributed by atoms with van der Waals surface area (Å²) >= 11 is 3.63. The quantitative estimate of drug-likeness (QED) is 0.622. The topological polar surface area (TPSA) is 9.23 Å². The van der Waals surface area contributed by atoms with Crippen molar-refractivity contribution in [1.82, 2.24) is 0 Å². The van der Waals surface area contributed by atoms with Gasteiger partial charge in [-0.1, -0.05) is 22.0 Å². The summed E-state index contributed by atoms with van der Waals surface area (Å²) in [6.07, 6.45) is 8.61. The molecule has 2 heteroatoms. The summed E-state index contributed by atoms with van der Waals surface area (Å²) < 4.78 is 7.02. The third kappa shape index (κ3) is 2.17. The number of fused-ring (bicyclic) bond motifs is 1. The molecule has 0 N–H and O–H groups in total. The second-order valence-electron chi connectivity index (χ2n) is 8.24. The largest absolute Gasteiger partial charge is 0.496 e. The van der Waals surface area contributed by atoms with E-state index in [1.807, 2.05) is 7.11 Å². The number of methoxy groups -OCH3 is 1. The van der Waals surface area contributed by atoms with E-state index in [1.54, 1.807) is 0 Å². The molecule has 4 bridgehead atoms. The van der Waals surface area contributed by atoms with E-state index in [1.165, 1.54) is 54.9 Å². The average Bonchev–Trinajstić information content (AvgIpc) is 2.52. The van der Waals surface area contributed by atoms with Crippen molar-refractivity contribution in [3.8, 4) is 5.75 Å². The monoisotopic (exact) mass is 370 g/mol. The number of ether oxygens (including phenoxy) is 1. The van der Waals surface area contributed by atoms with Gasteiger partial charge < -0.3 is 4.74 Å². The van der Waals surface area contributed by atoms with Gasteiger partial charge >= 0.3 is 0 Å². The van der Waals surface area contributed by atoms with Gasteiger partial charge in [-0.3, -0.25) is 0 Å².